The summed E-state index contributed by atoms with van der Waals surface area (Å²) >= 11 is 1.52. The molecule has 0 aliphatic carbocycles. The minimum absolute atomic E-state index is 0.0288. The number of thiophene rings is 1. The molecule has 0 saturated heterocycles. The quantitative estimate of drug-likeness (QED) is 0.908. The van der Waals surface area contributed by atoms with Crippen LogP contribution < -0.4 is 5.32 Å². The summed E-state index contributed by atoms with van der Waals surface area (Å²) in [7, 11) is 0. The highest BCUT2D eigenvalue weighted by Crippen LogP contribution is 2.28. The van der Waals surface area contributed by atoms with Crippen LogP contribution in [0.3, 0.4) is 0 Å². The zero-order chi connectivity index (χ0) is 15.5. The van der Waals surface area contributed by atoms with Gasteiger partial charge in [-0.25, -0.2) is 0 Å². The number of nitrogens with one attached hydrogen (secondary N) is 1. The van der Waals surface area contributed by atoms with E-state index in [1.807, 2.05) is 63.2 Å². The molecule has 0 bridgehead atoms. The van der Waals surface area contributed by atoms with Crippen LogP contribution in [0.5, 0.6) is 0 Å². The number of hydrogen-bond acceptors (Lipinski definition) is 3. The maximum Gasteiger partial charge on any atom is 0.225 e. The van der Waals surface area contributed by atoms with Gasteiger partial charge >= 0.3 is 0 Å². The van der Waals surface area contributed by atoms with E-state index in [9.17, 15) is 9.90 Å². The van der Waals surface area contributed by atoms with Gasteiger partial charge in [0.05, 0.1) is 6.54 Å². The lowest BCUT2D eigenvalue weighted by Gasteiger charge is -2.17. The fourth-order valence-corrected chi connectivity index (χ4v) is 2.84. The average Bonchev–Trinajstić information content (AvgIpc) is 2.92. The molecule has 1 aromatic carbocycles. The first-order valence-corrected chi connectivity index (χ1v) is 7.79. The molecule has 1 amide bonds. The molecule has 0 radical (unpaired) electrons. The smallest absolute Gasteiger partial charge is 0.225 e. The van der Waals surface area contributed by atoms with Crippen molar-refractivity contribution in [3.63, 3.8) is 0 Å². The highest BCUT2D eigenvalue weighted by Gasteiger charge is 2.21. The van der Waals surface area contributed by atoms with Crippen LogP contribution in [0.4, 0.5) is 0 Å². The van der Waals surface area contributed by atoms with Crippen LogP contribution in [0.2, 0.25) is 0 Å². The van der Waals surface area contributed by atoms with E-state index in [4.69, 9.17) is 0 Å². The summed E-state index contributed by atoms with van der Waals surface area (Å²) in [5, 5.41) is 13.3. The predicted octanol–water partition coefficient (Wildman–Crippen LogP) is 3.49. The Hall–Kier alpha value is -1.65. The van der Waals surface area contributed by atoms with Gasteiger partial charge in [0.2, 0.25) is 5.91 Å². The molecule has 3 nitrogen and oxygen atoms in total. The molecule has 0 saturated carbocycles. The molecule has 112 valence electrons. The van der Waals surface area contributed by atoms with Gasteiger partial charge in [-0.1, -0.05) is 51.1 Å². The van der Waals surface area contributed by atoms with Crippen LogP contribution in [-0.4, -0.2) is 11.0 Å². The Kier molecular flexibility index (Phi) is 4.80. The summed E-state index contributed by atoms with van der Waals surface area (Å²) in [4.78, 5) is 13.8. The van der Waals surface area contributed by atoms with Crippen molar-refractivity contribution in [2.24, 2.45) is 5.41 Å². The van der Waals surface area contributed by atoms with E-state index >= 15 is 0 Å². The summed E-state index contributed by atoms with van der Waals surface area (Å²) in [5.41, 5.74) is 0.494. The maximum atomic E-state index is 11.8. The molecule has 2 N–H and O–H groups in total. The van der Waals surface area contributed by atoms with E-state index in [2.05, 4.69) is 5.32 Å². The highest BCUT2D eigenvalue weighted by molar-refractivity contribution is 7.12. The molecule has 21 heavy (non-hydrogen) atoms. The van der Waals surface area contributed by atoms with Gasteiger partial charge in [-0.15, -0.1) is 11.3 Å². The second-order valence-corrected chi connectivity index (χ2v) is 7.25. The van der Waals surface area contributed by atoms with E-state index in [0.29, 0.717) is 6.54 Å². The molecule has 0 fully saturated rings. The standard InChI is InChI=1S/C17H21NO2S/c1-17(2,3)16(20)18-11-13-9-10-14(21-13)15(19)12-7-5-4-6-8-12/h4-10,15,19H,11H2,1-3H3,(H,18,20)/t15-/m0/s1. The molecule has 0 unspecified atom stereocenters. The normalized spacial score (nSPS) is 13.0. The van der Waals surface area contributed by atoms with E-state index in [1.165, 1.54) is 11.3 Å². The number of benzene rings is 1. The van der Waals surface area contributed by atoms with Crippen LogP contribution in [0, 0.1) is 5.41 Å². The second-order valence-electron chi connectivity index (χ2n) is 6.05. The number of carbonyl (C=O) groups is 1. The number of amides is 1. The fourth-order valence-electron chi connectivity index (χ4n) is 1.87. The molecule has 2 rings (SSSR count). The van der Waals surface area contributed by atoms with Crippen molar-refractivity contribution in [2.75, 3.05) is 0 Å². The number of rotatable bonds is 4. The third-order valence-electron chi connectivity index (χ3n) is 3.17. The van der Waals surface area contributed by atoms with Crippen molar-refractivity contribution in [1.82, 2.24) is 5.32 Å². The molecule has 0 spiro atoms. The fraction of sp³-hybridized carbons (Fsp3) is 0.353. The minimum Gasteiger partial charge on any atom is -0.383 e. The van der Waals surface area contributed by atoms with Crippen LogP contribution in [0.1, 0.15) is 42.2 Å². The van der Waals surface area contributed by atoms with Gasteiger partial charge in [0, 0.05) is 15.2 Å². The number of hydrogen-bond donors (Lipinski definition) is 2. The average molecular weight is 303 g/mol. The summed E-state index contributed by atoms with van der Waals surface area (Å²) in [6, 6.07) is 13.4. The Morgan fingerprint density at radius 1 is 1.19 bits per heavy atom. The predicted molar refractivity (Wildman–Crippen MR) is 86.1 cm³/mol. The Balaban J connectivity index is 2.00. The number of aliphatic hydroxyl groups is 1. The molecule has 0 aliphatic heterocycles. The van der Waals surface area contributed by atoms with E-state index < -0.39 is 6.10 Å². The topological polar surface area (TPSA) is 49.3 Å². The monoisotopic (exact) mass is 303 g/mol. The number of aliphatic hydroxyl groups excluding tert-OH is 1. The lowest BCUT2D eigenvalue weighted by molar-refractivity contribution is -0.128. The van der Waals surface area contributed by atoms with Gasteiger partial charge in [-0.2, -0.15) is 0 Å². The third-order valence-corrected chi connectivity index (χ3v) is 4.31. The molecule has 1 aromatic heterocycles. The summed E-state index contributed by atoms with van der Waals surface area (Å²) in [5.74, 6) is 0.0288. The number of carbonyl (C=O) groups excluding carboxylic acids is 1. The van der Waals surface area contributed by atoms with Gasteiger partial charge in [-0.3, -0.25) is 4.79 Å². The highest BCUT2D eigenvalue weighted by atomic mass is 32.1. The maximum absolute atomic E-state index is 11.8. The largest absolute Gasteiger partial charge is 0.383 e. The Bertz CT molecular complexity index is 599. The minimum atomic E-state index is -0.608. The lowest BCUT2D eigenvalue weighted by atomic mass is 9.96. The van der Waals surface area contributed by atoms with Crippen molar-refractivity contribution in [1.29, 1.82) is 0 Å². The summed E-state index contributed by atoms with van der Waals surface area (Å²) in [6.45, 7) is 6.17. The SMILES string of the molecule is CC(C)(C)C(=O)NCc1ccc([C@@H](O)c2ccccc2)s1. The van der Waals surface area contributed by atoms with Crippen molar-refractivity contribution < 1.29 is 9.90 Å². The lowest BCUT2D eigenvalue weighted by Crippen LogP contribution is -2.34. The zero-order valence-corrected chi connectivity index (χ0v) is 13.4. The van der Waals surface area contributed by atoms with Gasteiger partial charge in [0.1, 0.15) is 6.10 Å². The van der Waals surface area contributed by atoms with Crippen molar-refractivity contribution in [3.8, 4) is 0 Å². The van der Waals surface area contributed by atoms with Gasteiger partial charge < -0.3 is 10.4 Å². The summed E-state index contributed by atoms with van der Waals surface area (Å²) < 4.78 is 0. The molecule has 2 aromatic rings. The first-order valence-electron chi connectivity index (χ1n) is 6.98. The Morgan fingerprint density at radius 2 is 1.86 bits per heavy atom. The van der Waals surface area contributed by atoms with Gasteiger partial charge in [0.15, 0.2) is 0 Å². The first kappa shape index (κ1) is 15.7. The van der Waals surface area contributed by atoms with Crippen LogP contribution in [0.15, 0.2) is 42.5 Å². The molecular weight excluding hydrogens is 282 g/mol. The zero-order valence-electron chi connectivity index (χ0n) is 12.6. The van der Waals surface area contributed by atoms with E-state index in [-0.39, 0.29) is 11.3 Å². The third kappa shape index (κ3) is 4.16. The second kappa shape index (κ2) is 6.41. The van der Waals surface area contributed by atoms with Crippen molar-refractivity contribution in [2.45, 2.75) is 33.4 Å². The van der Waals surface area contributed by atoms with E-state index in [1.54, 1.807) is 0 Å². The van der Waals surface area contributed by atoms with Crippen molar-refractivity contribution >= 4 is 17.2 Å². The van der Waals surface area contributed by atoms with E-state index in [0.717, 1.165) is 15.3 Å². The molecule has 4 heteroatoms. The molecule has 0 aliphatic rings. The van der Waals surface area contributed by atoms with Crippen molar-refractivity contribution in [3.05, 3.63) is 57.8 Å². The molecule has 1 atom stereocenters. The van der Waals surface area contributed by atoms with Crippen LogP contribution in [0.25, 0.3) is 0 Å². The van der Waals surface area contributed by atoms with Crippen LogP contribution in [-0.2, 0) is 11.3 Å². The van der Waals surface area contributed by atoms with Crippen LogP contribution >= 0.6 is 11.3 Å². The first-order chi connectivity index (χ1) is 9.88. The van der Waals surface area contributed by atoms with Gasteiger partial charge in [0.25, 0.3) is 0 Å². The Morgan fingerprint density at radius 3 is 2.48 bits per heavy atom. The molecule has 1 heterocycles. The van der Waals surface area contributed by atoms with Gasteiger partial charge in [-0.05, 0) is 17.7 Å². The Labute approximate surface area is 129 Å². The summed E-state index contributed by atoms with van der Waals surface area (Å²) in [6.07, 6.45) is -0.608. The molecular formula is C17H21NO2S.